The van der Waals surface area contributed by atoms with E-state index in [4.69, 9.17) is 0 Å². The van der Waals surface area contributed by atoms with Crippen LogP contribution in [0.15, 0.2) is 24.3 Å². The minimum absolute atomic E-state index is 0.0338. The van der Waals surface area contributed by atoms with Crippen LogP contribution in [0.3, 0.4) is 0 Å². The highest BCUT2D eigenvalue weighted by Crippen LogP contribution is 2.30. The summed E-state index contributed by atoms with van der Waals surface area (Å²) in [5, 5.41) is 9.90. The van der Waals surface area contributed by atoms with Gasteiger partial charge in [0.15, 0.2) is 0 Å². The Labute approximate surface area is 124 Å². The third-order valence-corrected chi connectivity index (χ3v) is 4.91. The number of hydrogen-bond donors (Lipinski definition) is 2. The van der Waals surface area contributed by atoms with Crippen LogP contribution >= 0.6 is 0 Å². The van der Waals surface area contributed by atoms with Crippen molar-refractivity contribution in [3.05, 3.63) is 35.4 Å². The molecule has 1 aliphatic rings. The fraction of sp³-hybridized carbons (Fsp3) is 0.500. The van der Waals surface area contributed by atoms with Gasteiger partial charge in [0.2, 0.25) is 10.0 Å². The smallest absolute Gasteiger partial charge is 0.337 e. The molecule has 0 spiro atoms. The van der Waals surface area contributed by atoms with E-state index in [1.165, 1.54) is 13.2 Å². The van der Waals surface area contributed by atoms with Gasteiger partial charge in [-0.3, -0.25) is 0 Å². The van der Waals surface area contributed by atoms with Gasteiger partial charge in [0, 0.05) is 6.54 Å². The molecule has 0 unspecified atom stereocenters. The summed E-state index contributed by atoms with van der Waals surface area (Å²) in [7, 11) is -2.28. The molecule has 21 heavy (non-hydrogen) atoms. The summed E-state index contributed by atoms with van der Waals surface area (Å²) < 4.78 is 31.0. The maximum atomic E-state index is 12.0. The lowest BCUT2D eigenvalue weighted by Crippen LogP contribution is -2.47. The SMILES string of the molecule is COC(=O)c1cccc(CS(=O)(=O)NCC2(O)CCC2)c1. The topological polar surface area (TPSA) is 92.7 Å². The van der Waals surface area contributed by atoms with Crippen LogP contribution in [0.25, 0.3) is 0 Å². The van der Waals surface area contributed by atoms with Crippen molar-refractivity contribution in [3.8, 4) is 0 Å². The molecule has 7 heteroatoms. The quantitative estimate of drug-likeness (QED) is 0.758. The van der Waals surface area contributed by atoms with E-state index in [1.54, 1.807) is 18.2 Å². The van der Waals surface area contributed by atoms with Gasteiger partial charge in [-0.25, -0.2) is 17.9 Å². The second-order valence-electron chi connectivity index (χ2n) is 5.35. The van der Waals surface area contributed by atoms with Gasteiger partial charge in [-0.2, -0.15) is 0 Å². The monoisotopic (exact) mass is 313 g/mol. The zero-order valence-corrected chi connectivity index (χ0v) is 12.6. The van der Waals surface area contributed by atoms with E-state index < -0.39 is 21.6 Å². The molecule has 0 heterocycles. The van der Waals surface area contributed by atoms with Crippen molar-refractivity contribution in [2.75, 3.05) is 13.7 Å². The van der Waals surface area contributed by atoms with Crippen LogP contribution in [-0.4, -0.2) is 38.7 Å². The first kappa shape index (κ1) is 15.9. The van der Waals surface area contributed by atoms with Crippen molar-refractivity contribution in [1.29, 1.82) is 0 Å². The van der Waals surface area contributed by atoms with E-state index in [9.17, 15) is 18.3 Å². The molecule has 0 saturated heterocycles. The predicted octanol–water partition coefficient (Wildman–Crippen LogP) is 0.808. The van der Waals surface area contributed by atoms with Crippen molar-refractivity contribution in [2.45, 2.75) is 30.6 Å². The number of sulfonamides is 1. The van der Waals surface area contributed by atoms with Crippen molar-refractivity contribution in [3.63, 3.8) is 0 Å². The first-order chi connectivity index (χ1) is 9.84. The Morgan fingerprint density at radius 1 is 1.43 bits per heavy atom. The Morgan fingerprint density at radius 3 is 2.71 bits per heavy atom. The zero-order valence-electron chi connectivity index (χ0n) is 11.8. The number of aliphatic hydroxyl groups is 1. The van der Waals surface area contributed by atoms with E-state index in [2.05, 4.69) is 9.46 Å². The van der Waals surface area contributed by atoms with E-state index in [0.29, 0.717) is 24.0 Å². The summed E-state index contributed by atoms with van der Waals surface area (Å²) >= 11 is 0. The van der Waals surface area contributed by atoms with Gasteiger partial charge < -0.3 is 9.84 Å². The van der Waals surface area contributed by atoms with Crippen LogP contribution in [0.4, 0.5) is 0 Å². The molecule has 0 aromatic heterocycles. The minimum atomic E-state index is -3.56. The Balaban J connectivity index is 2.01. The Morgan fingerprint density at radius 2 is 2.14 bits per heavy atom. The molecule has 1 aromatic carbocycles. The second-order valence-corrected chi connectivity index (χ2v) is 7.16. The number of hydrogen-bond acceptors (Lipinski definition) is 5. The summed E-state index contributed by atoms with van der Waals surface area (Å²) in [5.41, 5.74) is -0.102. The maximum absolute atomic E-state index is 12.0. The van der Waals surface area contributed by atoms with E-state index in [-0.39, 0.29) is 12.3 Å². The van der Waals surface area contributed by atoms with Gasteiger partial charge in [0.05, 0.1) is 24.0 Å². The summed E-state index contributed by atoms with van der Waals surface area (Å²) in [5.74, 6) is -0.750. The summed E-state index contributed by atoms with van der Waals surface area (Å²) in [4.78, 5) is 11.4. The fourth-order valence-corrected chi connectivity index (χ4v) is 3.39. The average molecular weight is 313 g/mol. The Hall–Kier alpha value is -1.44. The molecule has 2 rings (SSSR count). The lowest BCUT2D eigenvalue weighted by atomic mass is 9.81. The van der Waals surface area contributed by atoms with Gasteiger partial charge in [-0.1, -0.05) is 12.1 Å². The standard InChI is InChI=1S/C14H19NO5S/c1-20-13(16)12-5-2-4-11(8-12)9-21(18,19)15-10-14(17)6-3-7-14/h2,4-5,8,15,17H,3,6-7,9-10H2,1H3. The number of methoxy groups -OCH3 is 1. The molecule has 0 aliphatic heterocycles. The molecule has 2 N–H and O–H groups in total. The second kappa shape index (κ2) is 6.13. The Kier molecular flexibility index (Phi) is 4.65. The third-order valence-electron chi connectivity index (χ3n) is 3.61. The highest BCUT2D eigenvalue weighted by Gasteiger charge is 2.35. The van der Waals surface area contributed by atoms with Crippen LogP contribution in [0.2, 0.25) is 0 Å². The van der Waals surface area contributed by atoms with Gasteiger partial charge in [0.1, 0.15) is 0 Å². The van der Waals surface area contributed by atoms with Crippen LogP contribution in [-0.2, 0) is 20.5 Å². The van der Waals surface area contributed by atoms with Gasteiger partial charge >= 0.3 is 5.97 Å². The highest BCUT2D eigenvalue weighted by atomic mass is 32.2. The molecule has 1 aromatic rings. The zero-order chi connectivity index (χ0) is 15.5. The van der Waals surface area contributed by atoms with Crippen LogP contribution < -0.4 is 4.72 Å². The maximum Gasteiger partial charge on any atom is 0.337 e. The molecule has 1 aliphatic carbocycles. The number of carbonyl (C=O) groups excluding carboxylic acids is 1. The van der Waals surface area contributed by atoms with Crippen molar-refractivity contribution in [1.82, 2.24) is 4.72 Å². The third kappa shape index (κ3) is 4.26. The van der Waals surface area contributed by atoms with E-state index in [1.807, 2.05) is 0 Å². The molecule has 1 fully saturated rings. The van der Waals surface area contributed by atoms with Gasteiger partial charge in [0.25, 0.3) is 0 Å². The minimum Gasteiger partial charge on any atom is -0.465 e. The molecule has 0 radical (unpaired) electrons. The summed E-state index contributed by atoms with van der Waals surface area (Å²) in [6.45, 7) is 0.0338. The van der Waals surface area contributed by atoms with Crippen LogP contribution in [0.5, 0.6) is 0 Å². The molecule has 0 bridgehead atoms. The summed E-state index contributed by atoms with van der Waals surface area (Å²) in [6.07, 6.45) is 2.15. The average Bonchev–Trinajstić information content (AvgIpc) is 2.42. The normalized spacial score (nSPS) is 17.0. The summed E-state index contributed by atoms with van der Waals surface area (Å²) in [6, 6.07) is 6.29. The fourth-order valence-electron chi connectivity index (χ4n) is 2.18. The predicted molar refractivity (Wildman–Crippen MR) is 77.2 cm³/mol. The lowest BCUT2D eigenvalue weighted by molar-refractivity contribution is -0.0271. The van der Waals surface area contributed by atoms with Gasteiger partial charge in [-0.15, -0.1) is 0 Å². The van der Waals surface area contributed by atoms with Gasteiger partial charge in [-0.05, 0) is 37.0 Å². The number of rotatable bonds is 6. The Bertz CT molecular complexity index is 622. The first-order valence-corrected chi connectivity index (χ1v) is 8.36. The number of benzene rings is 1. The molecule has 0 amide bonds. The van der Waals surface area contributed by atoms with Crippen molar-refractivity contribution >= 4 is 16.0 Å². The number of nitrogens with one attached hydrogen (secondary N) is 1. The number of ether oxygens (including phenoxy) is 1. The molecular formula is C14H19NO5S. The highest BCUT2D eigenvalue weighted by molar-refractivity contribution is 7.88. The molecular weight excluding hydrogens is 294 g/mol. The largest absolute Gasteiger partial charge is 0.465 e. The first-order valence-electron chi connectivity index (χ1n) is 6.71. The van der Waals surface area contributed by atoms with E-state index in [0.717, 1.165) is 6.42 Å². The molecule has 116 valence electrons. The molecule has 0 atom stereocenters. The number of esters is 1. The lowest BCUT2D eigenvalue weighted by Gasteiger charge is -2.36. The van der Waals surface area contributed by atoms with Crippen LogP contribution in [0.1, 0.15) is 35.2 Å². The number of carbonyl (C=O) groups is 1. The van der Waals surface area contributed by atoms with Crippen molar-refractivity contribution in [2.24, 2.45) is 0 Å². The molecule has 1 saturated carbocycles. The molecule has 6 nitrogen and oxygen atoms in total. The van der Waals surface area contributed by atoms with Crippen molar-refractivity contribution < 1.29 is 23.1 Å². The van der Waals surface area contributed by atoms with E-state index >= 15 is 0 Å². The van der Waals surface area contributed by atoms with Crippen LogP contribution in [0, 0.1) is 0 Å².